The number of halogens is 2. The molecule has 4 heteroatoms. The van der Waals surface area contributed by atoms with Gasteiger partial charge < -0.3 is 5.32 Å². The van der Waals surface area contributed by atoms with Gasteiger partial charge in [-0.2, -0.15) is 0 Å². The second-order valence-electron chi connectivity index (χ2n) is 4.91. The Hall–Kier alpha value is -1.39. The van der Waals surface area contributed by atoms with Crippen LogP contribution in [0.5, 0.6) is 0 Å². The van der Waals surface area contributed by atoms with Crippen LogP contribution in [0.4, 0.5) is 10.1 Å². The summed E-state index contributed by atoms with van der Waals surface area (Å²) in [7, 11) is 5.79. The molecule has 0 amide bonds. The first-order valence-electron chi connectivity index (χ1n) is 6.42. The Morgan fingerprint density at radius 3 is 2.55 bits per heavy atom. The molecule has 1 N–H and O–H groups in total. The number of benzene rings is 2. The maximum Gasteiger partial charge on any atom is 0.128 e. The van der Waals surface area contributed by atoms with E-state index in [4.69, 9.17) is 0 Å². The van der Waals surface area contributed by atoms with Crippen LogP contribution >= 0.6 is 15.9 Å². The van der Waals surface area contributed by atoms with Gasteiger partial charge in [-0.25, -0.2) is 4.39 Å². The summed E-state index contributed by atoms with van der Waals surface area (Å²) in [5, 5.41) is 3.12. The quantitative estimate of drug-likeness (QED) is 0.896. The Balaban J connectivity index is 2.53. The van der Waals surface area contributed by atoms with Gasteiger partial charge in [-0.1, -0.05) is 28.1 Å². The molecule has 0 heterocycles. The van der Waals surface area contributed by atoms with Gasteiger partial charge in [0.25, 0.3) is 0 Å². The highest BCUT2D eigenvalue weighted by Crippen LogP contribution is 2.31. The van der Waals surface area contributed by atoms with Crippen molar-refractivity contribution in [2.75, 3.05) is 26.5 Å². The Bertz CT molecular complexity index is 599. The lowest BCUT2D eigenvalue weighted by atomic mass is 9.97. The molecule has 0 bridgehead atoms. The number of nitrogens with one attached hydrogen (secondary N) is 1. The van der Waals surface area contributed by atoms with Crippen LogP contribution in [0.1, 0.15) is 17.2 Å². The molecule has 0 saturated heterocycles. The first-order chi connectivity index (χ1) is 9.52. The zero-order valence-corrected chi connectivity index (χ0v) is 13.4. The second kappa shape index (κ2) is 6.37. The number of anilines is 1. The van der Waals surface area contributed by atoms with Crippen LogP contribution in [0.2, 0.25) is 0 Å². The minimum absolute atomic E-state index is 0.124. The van der Waals surface area contributed by atoms with Crippen LogP contribution < -0.4 is 5.32 Å². The average Bonchev–Trinajstić information content (AvgIpc) is 2.43. The molecule has 0 aliphatic rings. The van der Waals surface area contributed by atoms with Gasteiger partial charge in [0.05, 0.1) is 6.04 Å². The number of nitrogens with zero attached hydrogens (tertiary/aromatic N) is 1. The van der Waals surface area contributed by atoms with Crippen LogP contribution in [0.3, 0.4) is 0 Å². The van der Waals surface area contributed by atoms with Gasteiger partial charge in [0.15, 0.2) is 0 Å². The molecule has 0 radical (unpaired) electrons. The van der Waals surface area contributed by atoms with E-state index in [0.29, 0.717) is 5.56 Å². The van der Waals surface area contributed by atoms with Crippen LogP contribution in [0.25, 0.3) is 0 Å². The Kier molecular flexibility index (Phi) is 4.78. The van der Waals surface area contributed by atoms with Crippen LogP contribution in [0, 0.1) is 5.82 Å². The summed E-state index contributed by atoms with van der Waals surface area (Å²) < 4.78 is 15.1. The fourth-order valence-electron chi connectivity index (χ4n) is 2.34. The maximum atomic E-state index is 14.2. The molecule has 0 aromatic heterocycles. The van der Waals surface area contributed by atoms with E-state index in [0.717, 1.165) is 15.7 Å². The normalized spacial score (nSPS) is 12.5. The van der Waals surface area contributed by atoms with Crippen molar-refractivity contribution in [3.63, 3.8) is 0 Å². The zero-order valence-electron chi connectivity index (χ0n) is 11.8. The van der Waals surface area contributed by atoms with Crippen molar-refractivity contribution < 1.29 is 4.39 Å². The second-order valence-corrected chi connectivity index (χ2v) is 5.82. The van der Waals surface area contributed by atoms with E-state index >= 15 is 0 Å². The third-order valence-electron chi connectivity index (χ3n) is 3.26. The summed E-state index contributed by atoms with van der Waals surface area (Å²) in [4.78, 5) is 2.01. The summed E-state index contributed by atoms with van der Waals surface area (Å²) in [5.41, 5.74) is 2.74. The summed E-state index contributed by atoms with van der Waals surface area (Å²) in [6, 6.07) is 13.0. The van der Waals surface area contributed by atoms with Crippen LogP contribution in [-0.4, -0.2) is 26.0 Å². The molecule has 1 unspecified atom stereocenters. The van der Waals surface area contributed by atoms with Crippen molar-refractivity contribution in [2.24, 2.45) is 0 Å². The Labute approximate surface area is 127 Å². The van der Waals surface area contributed by atoms with E-state index in [2.05, 4.69) is 21.2 Å². The van der Waals surface area contributed by atoms with E-state index in [1.807, 2.05) is 56.4 Å². The van der Waals surface area contributed by atoms with E-state index in [9.17, 15) is 4.39 Å². The molecular weight excluding hydrogens is 319 g/mol. The molecule has 0 aliphatic heterocycles. The van der Waals surface area contributed by atoms with Crippen LogP contribution in [0.15, 0.2) is 46.9 Å². The van der Waals surface area contributed by atoms with Crippen molar-refractivity contribution in [1.29, 1.82) is 0 Å². The lowest BCUT2D eigenvalue weighted by Gasteiger charge is -2.26. The minimum atomic E-state index is -0.193. The molecule has 1 atom stereocenters. The van der Waals surface area contributed by atoms with Gasteiger partial charge >= 0.3 is 0 Å². The SMILES string of the molecule is CNc1cccc(C(c2cc(Br)ccc2F)N(C)C)c1. The number of hydrogen-bond acceptors (Lipinski definition) is 2. The monoisotopic (exact) mass is 336 g/mol. The largest absolute Gasteiger partial charge is 0.388 e. The van der Waals surface area contributed by atoms with Gasteiger partial charge in [0.2, 0.25) is 0 Å². The van der Waals surface area contributed by atoms with E-state index in [1.165, 1.54) is 6.07 Å². The highest BCUT2D eigenvalue weighted by Gasteiger charge is 2.20. The van der Waals surface area contributed by atoms with Gasteiger partial charge in [-0.05, 0) is 50.0 Å². The fraction of sp³-hybridized carbons (Fsp3) is 0.250. The molecule has 106 valence electrons. The van der Waals surface area contributed by atoms with Gasteiger partial charge in [0.1, 0.15) is 5.82 Å². The minimum Gasteiger partial charge on any atom is -0.388 e. The van der Waals surface area contributed by atoms with E-state index in [1.54, 1.807) is 6.07 Å². The molecule has 2 aromatic carbocycles. The van der Waals surface area contributed by atoms with Gasteiger partial charge in [-0.3, -0.25) is 4.90 Å². The zero-order chi connectivity index (χ0) is 14.7. The van der Waals surface area contributed by atoms with Crippen LogP contribution in [-0.2, 0) is 0 Å². The predicted molar refractivity (Wildman–Crippen MR) is 85.6 cm³/mol. The smallest absolute Gasteiger partial charge is 0.128 e. The third kappa shape index (κ3) is 3.19. The van der Waals surface area contributed by atoms with E-state index in [-0.39, 0.29) is 11.9 Å². The molecule has 0 spiro atoms. The molecular formula is C16H18BrFN2. The topological polar surface area (TPSA) is 15.3 Å². The predicted octanol–water partition coefficient (Wildman–Crippen LogP) is 4.28. The standard InChI is InChI=1S/C16H18BrFN2/c1-19-13-6-4-5-11(9-13)16(20(2)3)14-10-12(17)7-8-15(14)18/h4-10,16,19H,1-3H3. The van der Waals surface area contributed by atoms with Crippen molar-refractivity contribution in [3.05, 3.63) is 63.9 Å². The summed E-state index contributed by atoms with van der Waals surface area (Å²) in [6.07, 6.45) is 0. The number of rotatable bonds is 4. The molecule has 2 rings (SSSR count). The van der Waals surface area contributed by atoms with E-state index < -0.39 is 0 Å². The first kappa shape index (κ1) is 15.0. The molecule has 20 heavy (non-hydrogen) atoms. The molecule has 0 saturated carbocycles. The van der Waals surface area contributed by atoms with Crippen molar-refractivity contribution in [2.45, 2.75) is 6.04 Å². The molecule has 2 aromatic rings. The summed E-state index contributed by atoms with van der Waals surface area (Å²) >= 11 is 3.42. The highest BCUT2D eigenvalue weighted by atomic mass is 79.9. The molecule has 0 aliphatic carbocycles. The van der Waals surface area contributed by atoms with Gasteiger partial charge in [0, 0.05) is 22.8 Å². The fourth-order valence-corrected chi connectivity index (χ4v) is 2.72. The molecule has 0 fully saturated rings. The first-order valence-corrected chi connectivity index (χ1v) is 7.21. The lowest BCUT2D eigenvalue weighted by Crippen LogP contribution is -2.22. The van der Waals surface area contributed by atoms with Crippen molar-refractivity contribution in [1.82, 2.24) is 4.90 Å². The average molecular weight is 337 g/mol. The molecule has 2 nitrogen and oxygen atoms in total. The Morgan fingerprint density at radius 1 is 1.15 bits per heavy atom. The lowest BCUT2D eigenvalue weighted by molar-refractivity contribution is 0.333. The van der Waals surface area contributed by atoms with Gasteiger partial charge in [-0.15, -0.1) is 0 Å². The van der Waals surface area contributed by atoms with Crippen molar-refractivity contribution >= 4 is 21.6 Å². The highest BCUT2D eigenvalue weighted by molar-refractivity contribution is 9.10. The number of hydrogen-bond donors (Lipinski definition) is 1. The maximum absolute atomic E-state index is 14.2. The third-order valence-corrected chi connectivity index (χ3v) is 3.75. The Morgan fingerprint density at radius 2 is 1.90 bits per heavy atom. The summed E-state index contributed by atoms with van der Waals surface area (Å²) in [5.74, 6) is -0.193. The van der Waals surface area contributed by atoms with Crippen molar-refractivity contribution in [3.8, 4) is 0 Å². The summed E-state index contributed by atoms with van der Waals surface area (Å²) in [6.45, 7) is 0.